The summed E-state index contributed by atoms with van der Waals surface area (Å²) in [6.45, 7) is 0.645. The summed E-state index contributed by atoms with van der Waals surface area (Å²) in [6.07, 6.45) is -2.63. The van der Waals surface area contributed by atoms with Crippen molar-refractivity contribution in [1.82, 2.24) is 15.1 Å². The predicted molar refractivity (Wildman–Crippen MR) is 130 cm³/mol. The maximum atomic E-state index is 13.2. The second kappa shape index (κ2) is 11.0. The summed E-state index contributed by atoms with van der Waals surface area (Å²) in [6, 6.07) is 11.9. The number of alkyl halides is 3. The molecule has 1 amide bonds. The van der Waals surface area contributed by atoms with E-state index in [1.165, 1.54) is 11.8 Å². The topological polar surface area (TPSA) is 65.4 Å². The lowest BCUT2D eigenvalue weighted by Gasteiger charge is -2.13. The summed E-state index contributed by atoms with van der Waals surface area (Å²) < 4.78 is 52.1. The van der Waals surface area contributed by atoms with Crippen LogP contribution < -0.4 is 14.8 Å². The summed E-state index contributed by atoms with van der Waals surface area (Å²) in [4.78, 5) is 12.7. The lowest BCUT2D eigenvalue weighted by Crippen LogP contribution is -2.25. The molecule has 0 radical (unpaired) electrons. The molecule has 0 aliphatic heterocycles. The van der Waals surface area contributed by atoms with Crippen LogP contribution in [0.15, 0.2) is 42.5 Å². The van der Waals surface area contributed by atoms with Gasteiger partial charge in [0.05, 0.1) is 17.8 Å². The summed E-state index contributed by atoms with van der Waals surface area (Å²) in [5.41, 5.74) is 0.461. The number of hydrogen-bond acceptors (Lipinski definition) is 4. The minimum atomic E-state index is -4.61. The van der Waals surface area contributed by atoms with Gasteiger partial charge in [-0.3, -0.25) is 9.48 Å². The minimum absolute atomic E-state index is 0.00324. The number of carbonyl (C=O) groups excluding carboxylic acids is 1. The summed E-state index contributed by atoms with van der Waals surface area (Å²) in [5.74, 6) is 0.879. The summed E-state index contributed by atoms with van der Waals surface area (Å²) in [5, 5.41) is 6.79. The number of halogens is 5. The Bertz CT molecular complexity index is 1230. The SMILES string of the molecule is COc1ccc(C(=O)NCCCn2nc(C(F)(F)F)c(Cl)c2C2CC2)cc1COc1ccc(Cl)cc1. The van der Waals surface area contributed by atoms with Gasteiger partial charge in [0.15, 0.2) is 5.69 Å². The average Bonchev–Trinajstić information content (AvgIpc) is 3.62. The van der Waals surface area contributed by atoms with Gasteiger partial charge in [-0.25, -0.2) is 0 Å². The third-order valence-electron chi connectivity index (χ3n) is 5.75. The highest BCUT2D eigenvalue weighted by molar-refractivity contribution is 6.32. The molecule has 36 heavy (non-hydrogen) atoms. The zero-order valence-corrected chi connectivity index (χ0v) is 20.9. The highest BCUT2D eigenvalue weighted by Crippen LogP contribution is 2.46. The second-order valence-electron chi connectivity index (χ2n) is 8.42. The number of ether oxygens (including phenoxy) is 2. The molecule has 2 aromatic carbocycles. The van der Waals surface area contributed by atoms with Gasteiger partial charge in [-0.1, -0.05) is 23.2 Å². The second-order valence-corrected chi connectivity index (χ2v) is 9.24. The highest BCUT2D eigenvalue weighted by atomic mass is 35.5. The molecule has 11 heteroatoms. The molecular formula is C25H24Cl2F3N3O3. The summed E-state index contributed by atoms with van der Waals surface area (Å²) in [7, 11) is 1.53. The first-order valence-electron chi connectivity index (χ1n) is 11.3. The fraction of sp³-hybridized carbons (Fsp3) is 0.360. The molecule has 0 saturated heterocycles. The normalized spacial score (nSPS) is 13.5. The largest absolute Gasteiger partial charge is 0.496 e. The number of amides is 1. The fourth-order valence-corrected chi connectivity index (χ4v) is 4.33. The van der Waals surface area contributed by atoms with E-state index < -0.39 is 11.9 Å². The number of carbonyl (C=O) groups is 1. The number of nitrogens with zero attached hydrogens (tertiary/aromatic N) is 2. The van der Waals surface area contributed by atoms with Crippen molar-refractivity contribution in [2.24, 2.45) is 0 Å². The van der Waals surface area contributed by atoms with E-state index in [0.29, 0.717) is 39.8 Å². The van der Waals surface area contributed by atoms with Crippen LogP contribution in [0.1, 0.15) is 52.5 Å². The van der Waals surface area contributed by atoms with Crippen LogP contribution in [0.3, 0.4) is 0 Å². The molecule has 1 aliphatic rings. The Hall–Kier alpha value is -2.91. The van der Waals surface area contributed by atoms with Crippen molar-refractivity contribution >= 4 is 29.1 Å². The smallest absolute Gasteiger partial charge is 0.436 e. The number of hydrogen-bond donors (Lipinski definition) is 1. The van der Waals surface area contributed by atoms with E-state index in [9.17, 15) is 18.0 Å². The van der Waals surface area contributed by atoms with Crippen LogP contribution in [-0.2, 0) is 19.3 Å². The van der Waals surface area contributed by atoms with Gasteiger partial charge in [-0.2, -0.15) is 18.3 Å². The molecule has 192 valence electrons. The number of nitrogens with one attached hydrogen (secondary N) is 1. The highest BCUT2D eigenvalue weighted by Gasteiger charge is 2.41. The van der Waals surface area contributed by atoms with E-state index in [0.717, 1.165) is 12.8 Å². The molecule has 1 aromatic heterocycles. The van der Waals surface area contributed by atoms with Gasteiger partial charge in [-0.15, -0.1) is 0 Å². The molecule has 3 aromatic rings. The molecule has 1 aliphatic carbocycles. The Balaban J connectivity index is 1.35. The van der Waals surface area contributed by atoms with E-state index in [1.54, 1.807) is 42.5 Å². The van der Waals surface area contributed by atoms with Crippen molar-refractivity contribution in [2.75, 3.05) is 13.7 Å². The zero-order valence-electron chi connectivity index (χ0n) is 19.4. The maximum absolute atomic E-state index is 13.2. The van der Waals surface area contributed by atoms with Crippen molar-refractivity contribution in [3.8, 4) is 11.5 Å². The van der Waals surface area contributed by atoms with Gasteiger partial charge < -0.3 is 14.8 Å². The molecular weight excluding hydrogens is 518 g/mol. The van der Waals surface area contributed by atoms with Gasteiger partial charge in [0.2, 0.25) is 0 Å². The van der Waals surface area contributed by atoms with Gasteiger partial charge in [0.1, 0.15) is 18.1 Å². The van der Waals surface area contributed by atoms with Crippen LogP contribution >= 0.6 is 23.2 Å². The molecule has 6 nitrogen and oxygen atoms in total. The third-order valence-corrected chi connectivity index (χ3v) is 6.37. The van der Waals surface area contributed by atoms with Crippen molar-refractivity contribution in [2.45, 2.75) is 44.5 Å². The van der Waals surface area contributed by atoms with Crippen LogP contribution in [0.4, 0.5) is 13.2 Å². The molecule has 1 heterocycles. The first-order chi connectivity index (χ1) is 17.2. The molecule has 1 fully saturated rings. The van der Waals surface area contributed by atoms with Gasteiger partial charge in [-0.05, 0) is 61.7 Å². The quantitative estimate of drug-likeness (QED) is 0.298. The molecule has 0 atom stereocenters. The number of aryl methyl sites for hydroxylation is 1. The molecule has 0 bridgehead atoms. The average molecular weight is 542 g/mol. The summed E-state index contributed by atoms with van der Waals surface area (Å²) >= 11 is 11.9. The van der Waals surface area contributed by atoms with Gasteiger partial charge in [0.25, 0.3) is 5.91 Å². The van der Waals surface area contributed by atoms with E-state index in [2.05, 4.69) is 10.4 Å². The standard InChI is InChI=1S/C25H24Cl2F3N3O3/c1-35-20-10-5-16(13-17(20)14-36-19-8-6-18(26)7-9-19)24(34)31-11-2-12-33-22(15-3-4-15)21(27)23(32-33)25(28,29)30/h5-10,13,15H,2-4,11-12,14H2,1H3,(H,31,34). The van der Waals surface area contributed by atoms with Gasteiger partial charge >= 0.3 is 6.18 Å². The van der Waals surface area contributed by atoms with E-state index >= 15 is 0 Å². The van der Waals surface area contributed by atoms with Crippen LogP contribution in [0.2, 0.25) is 10.0 Å². The first kappa shape index (κ1) is 26.2. The lowest BCUT2D eigenvalue weighted by atomic mass is 10.1. The van der Waals surface area contributed by atoms with Crippen LogP contribution in [0.5, 0.6) is 11.5 Å². The van der Waals surface area contributed by atoms with Crippen molar-refractivity contribution in [3.63, 3.8) is 0 Å². The monoisotopic (exact) mass is 541 g/mol. The number of rotatable bonds is 10. The van der Waals surface area contributed by atoms with Crippen LogP contribution in [0.25, 0.3) is 0 Å². The van der Waals surface area contributed by atoms with E-state index in [1.807, 2.05) is 0 Å². The molecule has 1 saturated carbocycles. The van der Waals surface area contributed by atoms with Gasteiger partial charge in [0, 0.05) is 35.2 Å². The molecule has 1 N–H and O–H groups in total. The van der Waals surface area contributed by atoms with Crippen molar-refractivity contribution in [3.05, 3.63) is 75.0 Å². The zero-order chi connectivity index (χ0) is 25.9. The molecule has 0 spiro atoms. The molecule has 0 unspecified atom stereocenters. The van der Waals surface area contributed by atoms with Crippen LogP contribution in [-0.4, -0.2) is 29.3 Å². The van der Waals surface area contributed by atoms with Crippen LogP contribution in [0, 0.1) is 0 Å². The Morgan fingerprint density at radius 3 is 2.53 bits per heavy atom. The van der Waals surface area contributed by atoms with E-state index in [-0.39, 0.29) is 36.5 Å². The van der Waals surface area contributed by atoms with E-state index in [4.69, 9.17) is 32.7 Å². The minimum Gasteiger partial charge on any atom is -0.496 e. The predicted octanol–water partition coefficient (Wildman–Crippen LogP) is 6.49. The number of benzene rings is 2. The fourth-order valence-electron chi connectivity index (χ4n) is 3.81. The Morgan fingerprint density at radius 2 is 1.89 bits per heavy atom. The first-order valence-corrected chi connectivity index (χ1v) is 12.1. The Kier molecular flexibility index (Phi) is 8.00. The van der Waals surface area contributed by atoms with Crippen molar-refractivity contribution < 1.29 is 27.4 Å². The Morgan fingerprint density at radius 1 is 1.17 bits per heavy atom. The Labute approximate surface area is 216 Å². The lowest BCUT2D eigenvalue weighted by molar-refractivity contribution is -0.141. The number of methoxy groups -OCH3 is 1. The van der Waals surface area contributed by atoms with Crippen molar-refractivity contribution in [1.29, 1.82) is 0 Å². The number of aromatic nitrogens is 2. The third kappa shape index (κ3) is 6.25. The maximum Gasteiger partial charge on any atom is 0.436 e. The molecule has 4 rings (SSSR count).